The molecule has 5 aromatic carbocycles. The van der Waals surface area contributed by atoms with Crippen molar-refractivity contribution < 1.29 is 0 Å². The third-order valence-electron chi connectivity index (χ3n) is 9.71. The van der Waals surface area contributed by atoms with Gasteiger partial charge in [0.2, 0.25) is 0 Å². The fourth-order valence-electron chi connectivity index (χ4n) is 6.60. The summed E-state index contributed by atoms with van der Waals surface area (Å²) in [5.41, 5.74) is 8.17. The smallest absolute Gasteiger partial charge is 0.164 e. The lowest BCUT2D eigenvalue weighted by Gasteiger charge is -2.48. The first-order valence-corrected chi connectivity index (χ1v) is 15.6. The number of rotatable bonds is 3. The fraction of sp³-hybridized carbons (Fsp3) is 0.154. The first-order valence-electron chi connectivity index (χ1n) is 14.8. The van der Waals surface area contributed by atoms with Crippen LogP contribution in [0.2, 0.25) is 0 Å². The van der Waals surface area contributed by atoms with E-state index in [2.05, 4.69) is 125 Å². The van der Waals surface area contributed by atoms with Crippen LogP contribution in [-0.4, -0.2) is 15.0 Å². The molecule has 0 amide bonds. The zero-order chi connectivity index (χ0) is 29.3. The van der Waals surface area contributed by atoms with Crippen molar-refractivity contribution in [1.82, 2.24) is 15.0 Å². The van der Waals surface area contributed by atoms with Crippen molar-refractivity contribution in [2.75, 3.05) is 0 Å². The summed E-state index contributed by atoms with van der Waals surface area (Å²) in [6.07, 6.45) is 0. The molecule has 0 spiro atoms. The van der Waals surface area contributed by atoms with E-state index in [1.807, 2.05) is 29.5 Å². The number of hydrogen-bond acceptors (Lipinski definition) is 4. The fourth-order valence-corrected chi connectivity index (χ4v) is 7.69. The molecule has 3 nitrogen and oxygen atoms in total. The molecule has 2 heterocycles. The van der Waals surface area contributed by atoms with E-state index in [9.17, 15) is 0 Å². The van der Waals surface area contributed by atoms with Crippen LogP contribution < -0.4 is 0 Å². The lowest BCUT2D eigenvalue weighted by atomic mass is 9.55. The summed E-state index contributed by atoms with van der Waals surface area (Å²) >= 11 is 1.82. The maximum Gasteiger partial charge on any atom is 0.164 e. The second kappa shape index (κ2) is 9.42. The largest absolute Gasteiger partial charge is 0.208 e. The molecule has 1 aliphatic rings. The van der Waals surface area contributed by atoms with Crippen LogP contribution >= 0.6 is 11.3 Å². The van der Waals surface area contributed by atoms with E-state index in [0.717, 1.165) is 16.7 Å². The SMILES string of the molecule is CC1(C)c2ccccc2-c2cc(-c3nc(-c4ccccc4)nc(-c4ccc5sc6ccccc6c5c4)n3)ccc2C1(C)C. The van der Waals surface area contributed by atoms with Crippen molar-refractivity contribution in [3.05, 3.63) is 126 Å². The van der Waals surface area contributed by atoms with E-state index in [1.54, 1.807) is 0 Å². The van der Waals surface area contributed by atoms with Crippen molar-refractivity contribution in [2.24, 2.45) is 0 Å². The van der Waals surface area contributed by atoms with Crippen LogP contribution in [0.1, 0.15) is 38.8 Å². The van der Waals surface area contributed by atoms with Crippen LogP contribution in [0.4, 0.5) is 0 Å². The van der Waals surface area contributed by atoms with Crippen LogP contribution in [0.3, 0.4) is 0 Å². The van der Waals surface area contributed by atoms with Crippen molar-refractivity contribution >= 4 is 31.5 Å². The zero-order valence-corrected chi connectivity index (χ0v) is 25.5. The molecule has 0 saturated heterocycles. The molecule has 7 aromatic rings. The van der Waals surface area contributed by atoms with Crippen LogP contribution in [0.5, 0.6) is 0 Å². The van der Waals surface area contributed by atoms with E-state index in [4.69, 9.17) is 15.0 Å². The molecule has 0 fully saturated rings. The minimum absolute atomic E-state index is 0.0105. The van der Waals surface area contributed by atoms with Gasteiger partial charge < -0.3 is 0 Å². The predicted octanol–water partition coefficient (Wildman–Crippen LogP) is 10.5. The van der Waals surface area contributed by atoms with Crippen molar-refractivity contribution in [3.8, 4) is 45.3 Å². The lowest BCUT2D eigenvalue weighted by Crippen LogP contribution is -2.43. The molecule has 43 heavy (non-hydrogen) atoms. The monoisotopic (exact) mass is 573 g/mol. The minimum Gasteiger partial charge on any atom is -0.208 e. The Labute approximate surface area is 256 Å². The molecule has 0 saturated carbocycles. The molecular formula is C39H31N3S. The highest BCUT2D eigenvalue weighted by Crippen LogP contribution is 2.54. The van der Waals surface area contributed by atoms with Crippen molar-refractivity contribution in [3.63, 3.8) is 0 Å². The van der Waals surface area contributed by atoms with Gasteiger partial charge in [0.25, 0.3) is 0 Å². The Morgan fingerprint density at radius 2 is 1.00 bits per heavy atom. The number of hydrogen-bond donors (Lipinski definition) is 0. The Morgan fingerprint density at radius 1 is 0.442 bits per heavy atom. The van der Waals surface area contributed by atoms with Gasteiger partial charge in [0, 0.05) is 36.9 Å². The predicted molar refractivity (Wildman–Crippen MR) is 181 cm³/mol. The third-order valence-corrected chi connectivity index (χ3v) is 10.9. The maximum absolute atomic E-state index is 5.12. The lowest BCUT2D eigenvalue weighted by molar-refractivity contribution is 0.299. The van der Waals surface area contributed by atoms with Crippen molar-refractivity contribution in [1.29, 1.82) is 0 Å². The molecule has 0 atom stereocenters. The van der Waals surface area contributed by atoms with Gasteiger partial charge in [-0.2, -0.15) is 0 Å². The standard InChI is InChI=1S/C39H31N3S/c1-38(2)31-16-10-8-14-27(31)29-22-25(18-20-32(29)39(38,3)4)36-40-35(24-12-6-5-7-13-24)41-37(42-36)26-19-21-34-30(23-26)28-15-9-11-17-33(28)43-34/h5-23H,1-4H3. The van der Waals surface area contributed by atoms with E-state index in [-0.39, 0.29) is 10.8 Å². The quantitative estimate of drug-likeness (QED) is 0.211. The molecule has 0 aliphatic heterocycles. The number of nitrogens with zero attached hydrogens (tertiary/aromatic N) is 3. The summed E-state index contributed by atoms with van der Waals surface area (Å²) in [6.45, 7) is 9.45. The van der Waals surface area contributed by atoms with Gasteiger partial charge in [-0.1, -0.05) is 113 Å². The zero-order valence-electron chi connectivity index (χ0n) is 24.7. The second-order valence-electron chi connectivity index (χ2n) is 12.5. The molecule has 2 aromatic heterocycles. The summed E-state index contributed by atoms with van der Waals surface area (Å²) in [7, 11) is 0. The van der Waals surface area contributed by atoms with E-state index >= 15 is 0 Å². The highest BCUT2D eigenvalue weighted by molar-refractivity contribution is 7.25. The van der Waals surface area contributed by atoms with Crippen LogP contribution in [0, 0.1) is 0 Å². The third kappa shape index (κ3) is 3.97. The molecule has 0 radical (unpaired) electrons. The van der Waals surface area contributed by atoms with Gasteiger partial charge in [-0.05, 0) is 63.4 Å². The molecule has 208 valence electrons. The maximum atomic E-state index is 5.12. The first kappa shape index (κ1) is 26.0. The Morgan fingerprint density at radius 3 is 1.77 bits per heavy atom. The summed E-state index contributed by atoms with van der Waals surface area (Å²) in [5, 5.41) is 2.50. The highest BCUT2D eigenvalue weighted by atomic mass is 32.1. The highest BCUT2D eigenvalue weighted by Gasteiger charge is 2.45. The van der Waals surface area contributed by atoms with E-state index in [1.165, 1.54) is 42.4 Å². The van der Waals surface area contributed by atoms with Crippen molar-refractivity contribution in [2.45, 2.75) is 38.5 Å². The molecule has 0 N–H and O–H groups in total. The van der Waals surface area contributed by atoms with Crippen LogP contribution in [-0.2, 0) is 10.8 Å². The van der Waals surface area contributed by atoms with E-state index < -0.39 is 0 Å². The van der Waals surface area contributed by atoms with Crippen LogP contribution in [0.15, 0.2) is 115 Å². The summed E-state index contributed by atoms with van der Waals surface area (Å²) in [5.74, 6) is 2.04. The van der Waals surface area contributed by atoms with Gasteiger partial charge >= 0.3 is 0 Å². The molecule has 0 unspecified atom stereocenters. The van der Waals surface area contributed by atoms with Gasteiger partial charge in [0.15, 0.2) is 17.5 Å². The minimum atomic E-state index is -0.0482. The van der Waals surface area contributed by atoms with Gasteiger partial charge in [0.05, 0.1) is 0 Å². The van der Waals surface area contributed by atoms with Crippen LogP contribution in [0.25, 0.3) is 65.5 Å². The van der Waals surface area contributed by atoms with E-state index in [0.29, 0.717) is 17.5 Å². The van der Waals surface area contributed by atoms with Gasteiger partial charge in [0.1, 0.15) is 0 Å². The number of benzene rings is 5. The Hall–Kier alpha value is -4.67. The summed E-state index contributed by atoms with van der Waals surface area (Å²) < 4.78 is 2.55. The normalized spacial score (nSPS) is 14.9. The number of aromatic nitrogens is 3. The molecular weight excluding hydrogens is 543 g/mol. The molecule has 8 rings (SSSR count). The molecule has 4 heteroatoms. The van der Waals surface area contributed by atoms with Gasteiger partial charge in [-0.25, -0.2) is 15.0 Å². The average Bonchev–Trinajstić information content (AvgIpc) is 3.42. The Balaban J connectivity index is 1.34. The molecule has 1 aliphatic carbocycles. The van der Waals surface area contributed by atoms with Gasteiger partial charge in [-0.15, -0.1) is 11.3 Å². The first-order chi connectivity index (χ1) is 20.8. The molecule has 0 bridgehead atoms. The Kier molecular flexibility index (Phi) is 5.69. The summed E-state index contributed by atoms with van der Waals surface area (Å²) in [6, 6.07) is 40.9. The Bertz CT molecular complexity index is 2190. The summed E-state index contributed by atoms with van der Waals surface area (Å²) in [4.78, 5) is 15.2. The number of thiophene rings is 1. The number of fused-ring (bicyclic) bond motifs is 6. The topological polar surface area (TPSA) is 38.7 Å². The van der Waals surface area contributed by atoms with Gasteiger partial charge in [-0.3, -0.25) is 0 Å². The second-order valence-corrected chi connectivity index (χ2v) is 13.6. The average molecular weight is 574 g/mol.